The van der Waals surface area contributed by atoms with Gasteiger partial charge in [0, 0.05) is 18.0 Å². The molecular weight excluding hydrogens is 347 g/mol. The van der Waals surface area contributed by atoms with Crippen molar-refractivity contribution in [3.8, 4) is 5.75 Å². The van der Waals surface area contributed by atoms with Gasteiger partial charge in [0.1, 0.15) is 17.4 Å². The maximum atomic E-state index is 13.1. The van der Waals surface area contributed by atoms with Crippen molar-refractivity contribution < 1.29 is 13.9 Å². The summed E-state index contributed by atoms with van der Waals surface area (Å²) in [7, 11) is 0. The van der Waals surface area contributed by atoms with Gasteiger partial charge >= 0.3 is 0 Å². The van der Waals surface area contributed by atoms with Crippen LogP contribution in [0.15, 0.2) is 48.7 Å². The molecule has 0 aliphatic heterocycles. The van der Waals surface area contributed by atoms with E-state index in [1.807, 2.05) is 13.0 Å². The monoisotopic (exact) mass is 360 g/mol. The van der Waals surface area contributed by atoms with Crippen LogP contribution < -0.4 is 10.1 Å². The number of pyridine rings is 1. The number of hydrogen-bond donors (Lipinski definition) is 1. The molecule has 0 unspecified atom stereocenters. The SMILES string of the molecule is Cc1cccc(NC(=O)c2ccn(COc3ccc(F)c(Cl)c3)n2)n1. The Morgan fingerprint density at radius 3 is 2.92 bits per heavy atom. The quantitative estimate of drug-likeness (QED) is 0.753. The van der Waals surface area contributed by atoms with E-state index in [0.29, 0.717) is 11.6 Å². The first kappa shape index (κ1) is 16.9. The fraction of sp³-hybridized carbons (Fsp3) is 0.118. The molecule has 6 nitrogen and oxygen atoms in total. The van der Waals surface area contributed by atoms with E-state index in [2.05, 4.69) is 15.4 Å². The molecule has 0 atom stereocenters. The van der Waals surface area contributed by atoms with Gasteiger partial charge in [0.15, 0.2) is 12.4 Å². The Balaban J connectivity index is 1.61. The normalized spacial score (nSPS) is 10.5. The first-order valence-corrected chi connectivity index (χ1v) is 7.75. The number of anilines is 1. The molecule has 0 radical (unpaired) electrons. The zero-order valence-electron chi connectivity index (χ0n) is 13.2. The van der Waals surface area contributed by atoms with Crippen molar-refractivity contribution in [2.45, 2.75) is 13.7 Å². The number of aromatic nitrogens is 3. The first-order chi connectivity index (χ1) is 12.0. The minimum absolute atomic E-state index is 0.0244. The van der Waals surface area contributed by atoms with Crippen LogP contribution in [0.1, 0.15) is 16.2 Å². The van der Waals surface area contributed by atoms with Crippen LogP contribution in [0.3, 0.4) is 0 Å². The number of nitrogens with one attached hydrogen (secondary N) is 1. The fourth-order valence-corrected chi connectivity index (χ4v) is 2.23. The van der Waals surface area contributed by atoms with E-state index in [9.17, 15) is 9.18 Å². The number of halogens is 2. The lowest BCUT2D eigenvalue weighted by atomic mass is 10.3. The molecule has 8 heteroatoms. The summed E-state index contributed by atoms with van der Waals surface area (Å²) in [4.78, 5) is 16.4. The van der Waals surface area contributed by atoms with Gasteiger partial charge in [-0.05, 0) is 37.3 Å². The molecule has 0 saturated carbocycles. The Hall–Kier alpha value is -2.93. The highest BCUT2D eigenvalue weighted by molar-refractivity contribution is 6.30. The van der Waals surface area contributed by atoms with Crippen LogP contribution >= 0.6 is 11.6 Å². The lowest BCUT2D eigenvalue weighted by molar-refractivity contribution is 0.102. The maximum Gasteiger partial charge on any atom is 0.277 e. The molecule has 0 fully saturated rings. The lowest BCUT2D eigenvalue weighted by Crippen LogP contribution is -2.15. The summed E-state index contributed by atoms with van der Waals surface area (Å²) in [5.74, 6) is -0.0351. The molecule has 1 N–H and O–H groups in total. The highest BCUT2D eigenvalue weighted by Crippen LogP contribution is 2.21. The van der Waals surface area contributed by atoms with Gasteiger partial charge < -0.3 is 10.1 Å². The minimum atomic E-state index is -0.517. The number of ether oxygens (including phenoxy) is 1. The molecule has 0 bridgehead atoms. The summed E-state index contributed by atoms with van der Waals surface area (Å²) in [6.45, 7) is 1.89. The third-order valence-corrected chi connectivity index (χ3v) is 3.55. The van der Waals surface area contributed by atoms with Crippen LogP contribution in [-0.4, -0.2) is 20.7 Å². The summed E-state index contributed by atoms with van der Waals surface area (Å²) >= 11 is 5.69. The molecule has 2 heterocycles. The molecule has 1 aromatic carbocycles. The maximum absolute atomic E-state index is 13.1. The minimum Gasteiger partial charge on any atom is -0.471 e. The number of rotatable bonds is 5. The van der Waals surface area contributed by atoms with Gasteiger partial charge in [-0.25, -0.2) is 14.1 Å². The van der Waals surface area contributed by atoms with Crippen molar-refractivity contribution in [1.82, 2.24) is 14.8 Å². The molecule has 1 amide bonds. The number of nitrogens with zero attached hydrogens (tertiary/aromatic N) is 3. The summed E-state index contributed by atoms with van der Waals surface area (Å²) in [5.41, 5.74) is 1.03. The van der Waals surface area contributed by atoms with Gasteiger partial charge in [0.2, 0.25) is 0 Å². The van der Waals surface area contributed by atoms with Gasteiger partial charge in [-0.15, -0.1) is 0 Å². The number of carbonyl (C=O) groups is 1. The molecule has 3 rings (SSSR count). The van der Waals surface area contributed by atoms with E-state index in [-0.39, 0.29) is 23.4 Å². The van der Waals surface area contributed by atoms with Gasteiger partial charge in [-0.3, -0.25) is 4.79 Å². The highest BCUT2D eigenvalue weighted by atomic mass is 35.5. The van der Waals surface area contributed by atoms with E-state index in [0.717, 1.165) is 5.69 Å². The second kappa shape index (κ2) is 7.31. The smallest absolute Gasteiger partial charge is 0.277 e. The molecule has 0 spiro atoms. The Morgan fingerprint density at radius 1 is 1.32 bits per heavy atom. The van der Waals surface area contributed by atoms with E-state index in [1.165, 1.54) is 22.9 Å². The average molecular weight is 361 g/mol. The second-order valence-corrected chi connectivity index (χ2v) is 5.62. The van der Waals surface area contributed by atoms with Crippen LogP contribution in [-0.2, 0) is 6.73 Å². The van der Waals surface area contributed by atoms with Crippen LogP contribution in [0.25, 0.3) is 0 Å². The van der Waals surface area contributed by atoms with Crippen molar-refractivity contribution in [2.75, 3.05) is 5.32 Å². The Kier molecular flexibility index (Phi) is 4.95. The standard InChI is InChI=1S/C17H14ClFN4O2/c1-11-3-2-4-16(20-11)21-17(24)15-7-8-23(22-15)10-25-12-5-6-14(19)13(18)9-12/h2-9H,10H2,1H3,(H,20,21,24). The Labute approximate surface area is 148 Å². The number of benzene rings is 1. The predicted octanol–water partition coefficient (Wildman–Crippen LogP) is 3.67. The average Bonchev–Trinajstić information content (AvgIpc) is 3.05. The highest BCUT2D eigenvalue weighted by Gasteiger charge is 2.11. The van der Waals surface area contributed by atoms with Crippen molar-refractivity contribution in [3.63, 3.8) is 0 Å². The topological polar surface area (TPSA) is 69.0 Å². The second-order valence-electron chi connectivity index (χ2n) is 5.21. The molecule has 3 aromatic rings. The van der Waals surface area contributed by atoms with Crippen molar-refractivity contribution in [2.24, 2.45) is 0 Å². The van der Waals surface area contributed by atoms with Crippen LogP contribution in [0, 0.1) is 12.7 Å². The third-order valence-electron chi connectivity index (χ3n) is 3.26. The first-order valence-electron chi connectivity index (χ1n) is 7.37. The van der Waals surface area contributed by atoms with E-state index < -0.39 is 5.82 Å². The molecule has 25 heavy (non-hydrogen) atoms. The van der Waals surface area contributed by atoms with Crippen LogP contribution in [0.5, 0.6) is 5.75 Å². The van der Waals surface area contributed by atoms with Crippen molar-refractivity contribution in [1.29, 1.82) is 0 Å². The zero-order chi connectivity index (χ0) is 17.8. The van der Waals surface area contributed by atoms with E-state index in [1.54, 1.807) is 24.4 Å². The van der Waals surface area contributed by atoms with Gasteiger partial charge in [0.05, 0.1) is 5.02 Å². The molecule has 0 aliphatic carbocycles. The summed E-state index contributed by atoms with van der Waals surface area (Å²) < 4.78 is 20.0. The van der Waals surface area contributed by atoms with E-state index >= 15 is 0 Å². The fourth-order valence-electron chi connectivity index (χ4n) is 2.06. The van der Waals surface area contributed by atoms with Gasteiger partial charge in [-0.1, -0.05) is 17.7 Å². The summed E-state index contributed by atoms with van der Waals surface area (Å²) in [6, 6.07) is 10.9. The third kappa shape index (κ3) is 4.33. The predicted molar refractivity (Wildman–Crippen MR) is 91.2 cm³/mol. The molecule has 0 aliphatic rings. The number of amides is 1. The number of aryl methyl sites for hydroxylation is 1. The van der Waals surface area contributed by atoms with Gasteiger partial charge in [0.25, 0.3) is 5.91 Å². The van der Waals surface area contributed by atoms with Crippen LogP contribution in [0.4, 0.5) is 10.2 Å². The largest absolute Gasteiger partial charge is 0.471 e. The Morgan fingerprint density at radius 2 is 2.16 bits per heavy atom. The van der Waals surface area contributed by atoms with Crippen LogP contribution in [0.2, 0.25) is 5.02 Å². The molecule has 2 aromatic heterocycles. The Bertz CT molecular complexity index is 913. The molecule has 128 valence electrons. The van der Waals surface area contributed by atoms with Crippen molar-refractivity contribution >= 4 is 23.3 Å². The summed E-state index contributed by atoms with van der Waals surface area (Å²) in [5, 5.41) is 6.78. The molecule has 0 saturated heterocycles. The zero-order valence-corrected chi connectivity index (χ0v) is 14.0. The van der Waals surface area contributed by atoms with Gasteiger partial charge in [-0.2, -0.15) is 5.10 Å². The van der Waals surface area contributed by atoms with Crippen molar-refractivity contribution in [3.05, 3.63) is 70.9 Å². The van der Waals surface area contributed by atoms with E-state index in [4.69, 9.17) is 16.3 Å². The molecular formula is C17H14ClFN4O2. The lowest BCUT2D eigenvalue weighted by Gasteiger charge is -2.07. The summed E-state index contributed by atoms with van der Waals surface area (Å²) in [6.07, 6.45) is 1.60. The number of hydrogen-bond acceptors (Lipinski definition) is 4. The number of carbonyl (C=O) groups excluding carboxylic acids is 1.